The van der Waals surface area contributed by atoms with Crippen LogP contribution in [0.3, 0.4) is 0 Å². The van der Waals surface area contributed by atoms with Crippen LogP contribution >= 0.6 is 0 Å². The molecule has 0 aliphatic heterocycles. The molecule has 1 heterocycles. The third kappa shape index (κ3) is 5.45. The number of aliphatic imine (C=N–C) groups is 1. The van der Waals surface area contributed by atoms with Crippen LogP contribution in [0, 0.1) is 0 Å². The second-order valence-corrected chi connectivity index (χ2v) is 7.09. The average molecular weight is 334 g/mol. The van der Waals surface area contributed by atoms with Crippen molar-refractivity contribution in [1.29, 1.82) is 0 Å². The highest BCUT2D eigenvalue weighted by atomic mass is 32.2. The van der Waals surface area contributed by atoms with E-state index in [0.29, 0.717) is 23.9 Å². The van der Waals surface area contributed by atoms with E-state index in [9.17, 15) is 8.42 Å². The lowest BCUT2D eigenvalue weighted by Crippen LogP contribution is -2.40. The Labute approximate surface area is 137 Å². The zero-order chi connectivity index (χ0) is 16.5. The molecule has 0 amide bonds. The van der Waals surface area contributed by atoms with Gasteiger partial charge in [0, 0.05) is 39.1 Å². The van der Waals surface area contributed by atoms with Crippen molar-refractivity contribution >= 4 is 15.8 Å². The number of hydrogen-bond donors (Lipinski definition) is 2. The second-order valence-electron chi connectivity index (χ2n) is 4.98. The summed E-state index contributed by atoms with van der Waals surface area (Å²) in [4.78, 5) is 4.43. The molecule has 0 spiro atoms. The van der Waals surface area contributed by atoms with Gasteiger partial charge in [0.1, 0.15) is 0 Å². The molecule has 2 N–H and O–H groups in total. The third-order valence-electron chi connectivity index (χ3n) is 3.32. The van der Waals surface area contributed by atoms with E-state index < -0.39 is 9.84 Å². The van der Waals surface area contributed by atoms with Gasteiger partial charge in [-0.3, -0.25) is 4.99 Å². The van der Waals surface area contributed by atoms with Gasteiger partial charge >= 0.3 is 0 Å². The van der Waals surface area contributed by atoms with Gasteiger partial charge in [-0.25, -0.2) is 8.42 Å². The highest BCUT2D eigenvalue weighted by Crippen LogP contribution is 2.09. The summed E-state index contributed by atoms with van der Waals surface area (Å²) in [7, 11) is -1.61. The summed E-state index contributed by atoms with van der Waals surface area (Å²) >= 11 is 0. The maximum Gasteiger partial charge on any atom is 0.191 e. The standard InChI is InChI=1S/C16H22N4O2S/c1-17-16(18-9-13-20-11-5-6-12-20)19-10-14-23(21,22)15-7-3-2-4-8-15/h2-8,11-12H,9-10,13-14H2,1H3,(H2,17,18,19). The summed E-state index contributed by atoms with van der Waals surface area (Å²) in [5.41, 5.74) is 0. The fourth-order valence-electron chi connectivity index (χ4n) is 2.09. The van der Waals surface area contributed by atoms with Crippen LogP contribution < -0.4 is 10.6 Å². The molecule has 0 atom stereocenters. The molecule has 0 saturated heterocycles. The third-order valence-corrected chi connectivity index (χ3v) is 5.05. The van der Waals surface area contributed by atoms with Gasteiger partial charge in [0.15, 0.2) is 15.8 Å². The fourth-order valence-corrected chi connectivity index (χ4v) is 3.27. The Hall–Kier alpha value is -2.28. The molecule has 0 fully saturated rings. The van der Waals surface area contributed by atoms with Crippen LogP contribution in [0.1, 0.15) is 0 Å². The van der Waals surface area contributed by atoms with E-state index in [-0.39, 0.29) is 5.75 Å². The average Bonchev–Trinajstić information content (AvgIpc) is 3.07. The molecule has 2 rings (SSSR count). The number of aromatic nitrogens is 1. The fraction of sp³-hybridized carbons (Fsp3) is 0.312. The van der Waals surface area contributed by atoms with Crippen LogP contribution in [0.25, 0.3) is 0 Å². The van der Waals surface area contributed by atoms with Crippen molar-refractivity contribution in [2.45, 2.75) is 11.4 Å². The summed E-state index contributed by atoms with van der Waals surface area (Å²) < 4.78 is 26.4. The van der Waals surface area contributed by atoms with Gasteiger partial charge in [-0.1, -0.05) is 18.2 Å². The molecule has 0 unspecified atom stereocenters. The summed E-state index contributed by atoms with van der Waals surface area (Å²) in [5, 5.41) is 6.18. The molecule has 0 bridgehead atoms. The van der Waals surface area contributed by atoms with Crippen molar-refractivity contribution in [2.24, 2.45) is 4.99 Å². The molecular formula is C16H22N4O2S. The van der Waals surface area contributed by atoms with Crippen LogP contribution in [0.2, 0.25) is 0 Å². The van der Waals surface area contributed by atoms with Crippen LogP contribution in [0.4, 0.5) is 0 Å². The van der Waals surface area contributed by atoms with Crippen LogP contribution in [-0.4, -0.2) is 44.8 Å². The van der Waals surface area contributed by atoms with Crippen molar-refractivity contribution in [3.05, 3.63) is 54.9 Å². The number of nitrogens with zero attached hydrogens (tertiary/aromatic N) is 2. The monoisotopic (exact) mass is 334 g/mol. The molecule has 124 valence electrons. The summed E-state index contributed by atoms with van der Waals surface area (Å²) in [6.45, 7) is 1.83. The predicted molar refractivity (Wildman–Crippen MR) is 92.3 cm³/mol. The van der Waals surface area contributed by atoms with E-state index >= 15 is 0 Å². The van der Waals surface area contributed by atoms with Crippen molar-refractivity contribution in [1.82, 2.24) is 15.2 Å². The predicted octanol–water partition coefficient (Wildman–Crippen LogP) is 1.13. The first-order chi connectivity index (χ1) is 11.1. The molecule has 0 aliphatic carbocycles. The molecule has 1 aromatic carbocycles. The summed E-state index contributed by atoms with van der Waals surface area (Å²) in [5.74, 6) is 0.621. The number of benzene rings is 1. The zero-order valence-electron chi connectivity index (χ0n) is 13.1. The number of hydrogen-bond acceptors (Lipinski definition) is 3. The number of sulfone groups is 1. The van der Waals surface area contributed by atoms with E-state index in [1.165, 1.54) is 0 Å². The SMILES string of the molecule is CN=C(NCCn1cccc1)NCCS(=O)(=O)c1ccccc1. The van der Waals surface area contributed by atoms with Gasteiger partial charge < -0.3 is 15.2 Å². The van der Waals surface area contributed by atoms with Crippen LogP contribution in [0.5, 0.6) is 0 Å². The Kier molecular flexibility index (Phi) is 6.22. The van der Waals surface area contributed by atoms with Crippen LogP contribution in [-0.2, 0) is 16.4 Å². The minimum atomic E-state index is -3.27. The topological polar surface area (TPSA) is 75.5 Å². The first-order valence-electron chi connectivity index (χ1n) is 7.45. The molecule has 23 heavy (non-hydrogen) atoms. The molecule has 0 saturated carbocycles. The maximum atomic E-state index is 12.2. The number of guanidine groups is 1. The smallest absolute Gasteiger partial charge is 0.191 e. The van der Waals surface area contributed by atoms with E-state index in [2.05, 4.69) is 20.2 Å². The Bertz CT molecular complexity index is 710. The van der Waals surface area contributed by atoms with E-state index in [1.807, 2.05) is 24.5 Å². The highest BCUT2D eigenvalue weighted by Gasteiger charge is 2.13. The van der Waals surface area contributed by atoms with Gasteiger partial charge in [-0.15, -0.1) is 0 Å². The van der Waals surface area contributed by atoms with E-state index in [4.69, 9.17) is 0 Å². The quantitative estimate of drug-likeness (QED) is 0.588. The van der Waals surface area contributed by atoms with Crippen molar-refractivity contribution in [2.75, 3.05) is 25.9 Å². The minimum Gasteiger partial charge on any atom is -0.355 e. The molecule has 1 aromatic heterocycles. The first kappa shape index (κ1) is 17.1. The Balaban J connectivity index is 1.75. The molecule has 2 aromatic rings. The molecule has 0 aliphatic rings. The normalized spacial score (nSPS) is 12.1. The van der Waals surface area contributed by atoms with E-state index in [1.54, 1.807) is 37.4 Å². The van der Waals surface area contributed by atoms with Gasteiger partial charge in [0.05, 0.1) is 10.6 Å². The molecule has 0 radical (unpaired) electrons. The number of rotatable bonds is 7. The molecule has 6 nitrogen and oxygen atoms in total. The second kappa shape index (κ2) is 8.38. The highest BCUT2D eigenvalue weighted by molar-refractivity contribution is 7.91. The maximum absolute atomic E-state index is 12.2. The Morgan fingerprint density at radius 3 is 2.35 bits per heavy atom. The van der Waals surface area contributed by atoms with Crippen molar-refractivity contribution < 1.29 is 8.42 Å². The Morgan fingerprint density at radius 1 is 1.04 bits per heavy atom. The van der Waals surface area contributed by atoms with Crippen molar-refractivity contribution in [3.8, 4) is 0 Å². The Morgan fingerprint density at radius 2 is 1.70 bits per heavy atom. The minimum absolute atomic E-state index is 0.0231. The number of nitrogens with one attached hydrogen (secondary N) is 2. The lowest BCUT2D eigenvalue weighted by atomic mass is 10.4. The van der Waals surface area contributed by atoms with Gasteiger partial charge in [0.25, 0.3) is 0 Å². The lowest BCUT2D eigenvalue weighted by Gasteiger charge is -2.12. The summed E-state index contributed by atoms with van der Waals surface area (Å²) in [6, 6.07) is 12.4. The lowest BCUT2D eigenvalue weighted by molar-refractivity contribution is 0.594. The molecular weight excluding hydrogens is 312 g/mol. The molecule has 7 heteroatoms. The largest absolute Gasteiger partial charge is 0.355 e. The first-order valence-corrected chi connectivity index (χ1v) is 9.10. The summed E-state index contributed by atoms with van der Waals surface area (Å²) in [6.07, 6.45) is 3.98. The zero-order valence-corrected chi connectivity index (χ0v) is 14.0. The van der Waals surface area contributed by atoms with Gasteiger partial charge in [0.2, 0.25) is 0 Å². The van der Waals surface area contributed by atoms with Gasteiger partial charge in [-0.05, 0) is 24.3 Å². The van der Waals surface area contributed by atoms with Gasteiger partial charge in [-0.2, -0.15) is 0 Å². The van der Waals surface area contributed by atoms with Crippen LogP contribution in [0.15, 0.2) is 64.7 Å². The van der Waals surface area contributed by atoms with Crippen molar-refractivity contribution in [3.63, 3.8) is 0 Å². The van der Waals surface area contributed by atoms with E-state index in [0.717, 1.165) is 6.54 Å².